The summed E-state index contributed by atoms with van der Waals surface area (Å²) in [5.74, 6) is 0. The predicted molar refractivity (Wildman–Crippen MR) is 76.4 cm³/mol. The maximum Gasteiger partial charge on any atom is 0.0678 e. The van der Waals surface area contributed by atoms with Gasteiger partial charge >= 0.3 is 0 Å². The minimum Gasteiger partial charge on any atom is -0.283 e. The van der Waals surface area contributed by atoms with Gasteiger partial charge in [0.05, 0.1) is 3.55 Å². The van der Waals surface area contributed by atoms with Crippen molar-refractivity contribution < 1.29 is 0 Å². The van der Waals surface area contributed by atoms with Crippen LogP contribution in [0, 0.1) is 5.41 Å². The molecule has 0 aromatic rings. The lowest BCUT2D eigenvalue weighted by molar-refractivity contribution is 0.154. The molecule has 0 spiro atoms. The highest BCUT2D eigenvalue weighted by Crippen LogP contribution is 2.36. The van der Waals surface area contributed by atoms with E-state index in [4.69, 9.17) is 0 Å². The average Bonchev–Trinajstić information content (AvgIpc) is 1.99. The van der Waals surface area contributed by atoms with E-state index in [1.807, 2.05) is 0 Å². The van der Waals surface area contributed by atoms with E-state index < -0.39 is 0 Å². The summed E-state index contributed by atoms with van der Waals surface area (Å²) in [4.78, 5) is 2.57. The molecule has 0 N–H and O–H groups in total. The summed E-state index contributed by atoms with van der Waals surface area (Å²) in [6.45, 7) is 15.0. The topological polar surface area (TPSA) is 3.24 Å². The molecule has 1 unspecified atom stereocenters. The second-order valence-electron chi connectivity index (χ2n) is 6.09. The molecular formula is C13H24IN. The van der Waals surface area contributed by atoms with E-state index in [0.717, 1.165) is 6.54 Å². The van der Waals surface area contributed by atoms with Gasteiger partial charge < -0.3 is 0 Å². The fourth-order valence-corrected chi connectivity index (χ4v) is 2.93. The van der Waals surface area contributed by atoms with Gasteiger partial charge in [-0.2, -0.15) is 0 Å². The van der Waals surface area contributed by atoms with E-state index in [1.54, 1.807) is 5.57 Å². The Balaban J connectivity index is 2.81. The summed E-state index contributed by atoms with van der Waals surface area (Å²) in [5, 5.41) is 0. The molecule has 15 heavy (non-hydrogen) atoms. The van der Waals surface area contributed by atoms with Crippen molar-refractivity contribution in [1.82, 2.24) is 4.90 Å². The molecule has 0 aromatic heterocycles. The molecule has 1 nitrogen and oxygen atoms in total. The largest absolute Gasteiger partial charge is 0.283 e. The van der Waals surface area contributed by atoms with Gasteiger partial charge in [0.15, 0.2) is 0 Å². The summed E-state index contributed by atoms with van der Waals surface area (Å²) in [7, 11) is 0. The van der Waals surface area contributed by atoms with Crippen LogP contribution in [0.3, 0.4) is 0 Å². The van der Waals surface area contributed by atoms with Crippen molar-refractivity contribution in [3.8, 4) is 0 Å². The van der Waals surface area contributed by atoms with Crippen LogP contribution in [0.25, 0.3) is 0 Å². The zero-order valence-electron chi connectivity index (χ0n) is 10.9. The molecule has 88 valence electrons. The van der Waals surface area contributed by atoms with Crippen LogP contribution in [0.5, 0.6) is 0 Å². The predicted octanol–water partition coefficient (Wildman–Crippen LogP) is 4.22. The maximum absolute atomic E-state index is 2.57. The van der Waals surface area contributed by atoms with E-state index in [-0.39, 0.29) is 3.55 Å². The Morgan fingerprint density at radius 3 is 2.13 bits per heavy atom. The van der Waals surface area contributed by atoms with Gasteiger partial charge in [-0.3, -0.25) is 4.90 Å². The Morgan fingerprint density at radius 1 is 1.27 bits per heavy atom. The second-order valence-corrected chi connectivity index (χ2v) is 8.73. The fourth-order valence-electron chi connectivity index (χ4n) is 2.25. The molecule has 0 radical (unpaired) electrons. The van der Waals surface area contributed by atoms with E-state index in [0.29, 0.717) is 11.5 Å². The summed E-state index contributed by atoms with van der Waals surface area (Å²) in [5.41, 5.74) is 1.96. The zero-order valence-corrected chi connectivity index (χ0v) is 13.1. The molecule has 0 bridgehead atoms. The van der Waals surface area contributed by atoms with Crippen LogP contribution in [0.1, 0.15) is 48.0 Å². The first-order chi connectivity index (χ1) is 6.62. The third kappa shape index (κ3) is 3.45. The highest BCUT2D eigenvalue weighted by atomic mass is 127. The fraction of sp³-hybridized carbons (Fsp3) is 0.846. The molecular weight excluding hydrogens is 297 g/mol. The van der Waals surface area contributed by atoms with Crippen molar-refractivity contribution in [1.29, 1.82) is 0 Å². The molecule has 1 aliphatic heterocycles. The first-order valence-corrected chi connectivity index (χ1v) is 6.85. The van der Waals surface area contributed by atoms with Crippen LogP contribution >= 0.6 is 22.6 Å². The van der Waals surface area contributed by atoms with Crippen molar-refractivity contribution in [3.63, 3.8) is 0 Å². The Hall–Kier alpha value is 0.430. The van der Waals surface area contributed by atoms with Crippen molar-refractivity contribution in [3.05, 3.63) is 11.6 Å². The number of rotatable bonds is 1. The van der Waals surface area contributed by atoms with Gasteiger partial charge in [-0.1, -0.05) is 55.0 Å². The van der Waals surface area contributed by atoms with Gasteiger partial charge in [0.2, 0.25) is 0 Å². The summed E-state index contributed by atoms with van der Waals surface area (Å²) >= 11 is 2.54. The van der Waals surface area contributed by atoms with Gasteiger partial charge in [0.1, 0.15) is 0 Å². The minimum absolute atomic E-state index is 0.261. The van der Waals surface area contributed by atoms with Gasteiger partial charge in [0.25, 0.3) is 0 Å². The zero-order chi connectivity index (χ0) is 11.9. The number of hydrogen-bond donors (Lipinski definition) is 0. The summed E-state index contributed by atoms with van der Waals surface area (Å²) < 4.78 is 0.261. The van der Waals surface area contributed by atoms with Gasteiger partial charge in [-0.05, 0) is 32.6 Å². The molecule has 1 heterocycles. The molecule has 1 aliphatic rings. The molecule has 0 amide bonds. The molecule has 1 atom stereocenters. The molecule has 0 fully saturated rings. The Morgan fingerprint density at radius 2 is 1.80 bits per heavy atom. The minimum atomic E-state index is 0.261. The highest BCUT2D eigenvalue weighted by Gasteiger charge is 2.32. The van der Waals surface area contributed by atoms with E-state index in [1.165, 1.54) is 6.42 Å². The summed E-state index contributed by atoms with van der Waals surface area (Å²) in [6.07, 6.45) is 3.65. The molecule has 0 saturated carbocycles. The number of halogens is 1. The Bertz CT molecular complexity index is 255. The Kier molecular flexibility index (Phi) is 3.92. The lowest BCUT2D eigenvalue weighted by atomic mass is 9.80. The van der Waals surface area contributed by atoms with Crippen LogP contribution in [0.4, 0.5) is 0 Å². The summed E-state index contributed by atoms with van der Waals surface area (Å²) in [6, 6.07) is 0.663. The van der Waals surface area contributed by atoms with Gasteiger partial charge in [-0.15, -0.1) is 0 Å². The van der Waals surface area contributed by atoms with Gasteiger partial charge in [0, 0.05) is 12.6 Å². The van der Waals surface area contributed by atoms with Crippen molar-refractivity contribution in [2.45, 2.75) is 57.6 Å². The highest BCUT2D eigenvalue weighted by molar-refractivity contribution is 14.1. The first-order valence-electron chi connectivity index (χ1n) is 5.77. The van der Waals surface area contributed by atoms with Crippen molar-refractivity contribution >= 4 is 22.6 Å². The quantitative estimate of drug-likeness (QED) is 0.302. The molecule has 0 aliphatic carbocycles. The maximum atomic E-state index is 2.57. The SMILES string of the molecule is CC1CC(C(C)(C)C)=CCN1C(C)(C)I. The van der Waals surface area contributed by atoms with Gasteiger partial charge in [-0.25, -0.2) is 0 Å². The smallest absolute Gasteiger partial charge is 0.0678 e. The monoisotopic (exact) mass is 321 g/mol. The normalized spacial score (nSPS) is 25.3. The van der Waals surface area contributed by atoms with E-state index >= 15 is 0 Å². The van der Waals surface area contributed by atoms with Crippen LogP contribution in [-0.2, 0) is 0 Å². The number of alkyl halides is 1. The third-order valence-corrected chi connectivity index (χ3v) is 3.85. The standard InChI is InChI=1S/C13H24IN/c1-10-9-11(12(2,3)4)7-8-15(10)13(5,6)14/h7,10H,8-9H2,1-6H3. The number of nitrogens with zero attached hydrogens (tertiary/aromatic N) is 1. The molecule has 1 rings (SSSR count). The lowest BCUT2D eigenvalue weighted by Gasteiger charge is -2.43. The van der Waals surface area contributed by atoms with Crippen LogP contribution < -0.4 is 0 Å². The molecule has 0 saturated heterocycles. The third-order valence-electron chi connectivity index (χ3n) is 3.23. The molecule has 0 aromatic carbocycles. The van der Waals surface area contributed by atoms with Crippen LogP contribution in [0.2, 0.25) is 0 Å². The van der Waals surface area contributed by atoms with Crippen LogP contribution in [-0.4, -0.2) is 21.0 Å². The van der Waals surface area contributed by atoms with E-state index in [2.05, 4.69) is 75.1 Å². The average molecular weight is 321 g/mol. The first kappa shape index (κ1) is 13.5. The second kappa shape index (κ2) is 4.36. The number of hydrogen-bond acceptors (Lipinski definition) is 1. The lowest BCUT2D eigenvalue weighted by Crippen LogP contribution is -2.47. The van der Waals surface area contributed by atoms with E-state index in [9.17, 15) is 0 Å². The Labute approximate surface area is 108 Å². The van der Waals surface area contributed by atoms with Crippen molar-refractivity contribution in [2.24, 2.45) is 5.41 Å². The molecule has 2 heteroatoms. The van der Waals surface area contributed by atoms with Crippen molar-refractivity contribution in [2.75, 3.05) is 6.54 Å². The van der Waals surface area contributed by atoms with Crippen LogP contribution in [0.15, 0.2) is 11.6 Å².